The van der Waals surface area contributed by atoms with Crippen molar-refractivity contribution >= 4 is 5.71 Å². The van der Waals surface area contributed by atoms with E-state index in [1.165, 1.54) is 18.6 Å². The summed E-state index contributed by atoms with van der Waals surface area (Å²) in [5.74, 6) is 0. The lowest BCUT2D eigenvalue weighted by Gasteiger charge is -2.32. The quantitative estimate of drug-likeness (QED) is 0.512. The van der Waals surface area contributed by atoms with Crippen molar-refractivity contribution in [2.45, 2.75) is 57.7 Å². The van der Waals surface area contributed by atoms with Gasteiger partial charge in [0, 0.05) is 18.3 Å². The van der Waals surface area contributed by atoms with E-state index in [-0.39, 0.29) is 5.60 Å². The van der Waals surface area contributed by atoms with Crippen molar-refractivity contribution in [1.29, 1.82) is 0 Å². The Kier molecular flexibility index (Phi) is 4.46. The van der Waals surface area contributed by atoms with Crippen LogP contribution in [0.15, 0.2) is 17.3 Å². The number of hydrogen-bond donors (Lipinski definition) is 0. The number of aliphatic imine (C=N–C) groups is 1. The summed E-state index contributed by atoms with van der Waals surface area (Å²) in [6.07, 6.45) is 10.4. The summed E-state index contributed by atoms with van der Waals surface area (Å²) >= 11 is 0. The van der Waals surface area contributed by atoms with Crippen molar-refractivity contribution in [1.82, 2.24) is 0 Å². The van der Waals surface area contributed by atoms with E-state index in [4.69, 9.17) is 4.74 Å². The summed E-state index contributed by atoms with van der Waals surface area (Å²) in [5.41, 5.74) is 1.48. The van der Waals surface area contributed by atoms with Crippen LogP contribution in [0.1, 0.15) is 46.0 Å². The molecule has 2 unspecified atom stereocenters. The Bertz CT molecular complexity index is 373. The van der Waals surface area contributed by atoms with Gasteiger partial charge < -0.3 is 9.22 Å². The van der Waals surface area contributed by atoms with Gasteiger partial charge in [0.05, 0.1) is 26.7 Å². The highest BCUT2D eigenvalue weighted by Crippen LogP contribution is 2.40. The average molecular weight is 265 g/mol. The molecule has 3 heteroatoms. The minimum atomic E-state index is 0.119. The SMILES string of the molecule is CCCC1OC1(C)C[N+](C)(C)CCC1=NC=CCC1. The second-order valence-corrected chi connectivity index (χ2v) is 6.89. The predicted octanol–water partition coefficient (Wildman–Crippen LogP) is 3.16. The van der Waals surface area contributed by atoms with Crippen LogP contribution in [-0.4, -0.2) is 49.1 Å². The molecule has 0 bridgehead atoms. The molecule has 0 radical (unpaired) electrons. The molecule has 1 saturated heterocycles. The second kappa shape index (κ2) is 5.76. The van der Waals surface area contributed by atoms with E-state index in [1.54, 1.807) is 0 Å². The van der Waals surface area contributed by atoms with Crippen LogP contribution in [0.3, 0.4) is 0 Å². The molecule has 2 heterocycles. The lowest BCUT2D eigenvalue weighted by Crippen LogP contribution is -2.47. The molecule has 3 nitrogen and oxygen atoms in total. The minimum Gasteiger partial charge on any atom is -0.360 e. The molecule has 19 heavy (non-hydrogen) atoms. The van der Waals surface area contributed by atoms with Gasteiger partial charge in [-0.1, -0.05) is 19.4 Å². The molecule has 0 aromatic carbocycles. The number of allylic oxidation sites excluding steroid dienone is 1. The van der Waals surface area contributed by atoms with E-state index in [1.807, 2.05) is 6.20 Å². The minimum absolute atomic E-state index is 0.119. The Morgan fingerprint density at radius 3 is 2.89 bits per heavy atom. The third-order valence-electron chi connectivity index (χ3n) is 4.30. The lowest BCUT2D eigenvalue weighted by molar-refractivity contribution is -0.892. The number of nitrogens with zero attached hydrogens (tertiary/aromatic N) is 2. The Morgan fingerprint density at radius 2 is 2.26 bits per heavy atom. The molecule has 2 aliphatic rings. The fourth-order valence-corrected chi connectivity index (χ4v) is 3.15. The molecular formula is C16H29N2O+. The van der Waals surface area contributed by atoms with Crippen LogP contribution in [0.5, 0.6) is 0 Å². The number of ether oxygens (including phenoxy) is 1. The van der Waals surface area contributed by atoms with Gasteiger partial charge in [-0.15, -0.1) is 0 Å². The first kappa shape index (κ1) is 14.7. The predicted molar refractivity (Wildman–Crippen MR) is 80.5 cm³/mol. The van der Waals surface area contributed by atoms with Gasteiger partial charge in [-0.2, -0.15) is 0 Å². The third-order valence-corrected chi connectivity index (χ3v) is 4.30. The first-order valence-corrected chi connectivity index (χ1v) is 7.65. The van der Waals surface area contributed by atoms with Crippen LogP contribution in [0, 0.1) is 0 Å². The van der Waals surface area contributed by atoms with Gasteiger partial charge in [0.25, 0.3) is 0 Å². The standard InChI is InChI=1S/C16H29N2O/c1-5-8-15-16(2,19-15)13-18(3,4)12-10-14-9-6-7-11-17-14/h7,11,15H,5-6,8-10,12-13H2,1-4H3/q+1. The van der Waals surface area contributed by atoms with Crippen molar-refractivity contribution in [3.05, 3.63) is 12.3 Å². The van der Waals surface area contributed by atoms with Crippen molar-refractivity contribution in [3.63, 3.8) is 0 Å². The van der Waals surface area contributed by atoms with E-state index in [0.29, 0.717) is 6.10 Å². The van der Waals surface area contributed by atoms with Crippen molar-refractivity contribution in [2.24, 2.45) is 4.99 Å². The van der Waals surface area contributed by atoms with Crippen LogP contribution in [0.2, 0.25) is 0 Å². The van der Waals surface area contributed by atoms with E-state index in [9.17, 15) is 0 Å². The summed E-state index contributed by atoms with van der Waals surface area (Å²) in [7, 11) is 4.63. The Morgan fingerprint density at radius 1 is 1.47 bits per heavy atom. The van der Waals surface area contributed by atoms with Gasteiger partial charge >= 0.3 is 0 Å². The van der Waals surface area contributed by atoms with Gasteiger partial charge in [0.1, 0.15) is 12.1 Å². The van der Waals surface area contributed by atoms with Crippen LogP contribution < -0.4 is 0 Å². The number of epoxide rings is 1. The maximum absolute atomic E-state index is 5.92. The van der Waals surface area contributed by atoms with E-state index >= 15 is 0 Å². The topological polar surface area (TPSA) is 24.9 Å². The second-order valence-electron chi connectivity index (χ2n) is 6.89. The normalized spacial score (nSPS) is 30.3. The zero-order valence-electron chi connectivity index (χ0n) is 13.0. The summed E-state index contributed by atoms with van der Waals surface area (Å²) in [6.45, 7) is 6.77. The Labute approximate surface area is 117 Å². The van der Waals surface area contributed by atoms with Gasteiger partial charge in [0.15, 0.2) is 0 Å². The molecule has 0 amide bonds. The molecule has 2 aliphatic heterocycles. The van der Waals surface area contributed by atoms with Gasteiger partial charge in [-0.3, -0.25) is 4.99 Å². The molecule has 0 saturated carbocycles. The first-order chi connectivity index (χ1) is 8.95. The molecular weight excluding hydrogens is 236 g/mol. The monoisotopic (exact) mass is 265 g/mol. The molecule has 0 aliphatic carbocycles. The highest BCUT2D eigenvalue weighted by molar-refractivity contribution is 5.85. The molecule has 0 N–H and O–H groups in total. The highest BCUT2D eigenvalue weighted by atomic mass is 16.6. The van der Waals surface area contributed by atoms with Crippen molar-refractivity contribution < 1.29 is 9.22 Å². The van der Waals surface area contributed by atoms with Crippen LogP contribution in [0.4, 0.5) is 0 Å². The van der Waals surface area contributed by atoms with E-state index in [0.717, 1.165) is 36.8 Å². The molecule has 0 aromatic heterocycles. The third kappa shape index (κ3) is 4.15. The molecule has 0 spiro atoms. The summed E-state index contributed by atoms with van der Waals surface area (Å²) in [6, 6.07) is 0. The molecule has 0 aromatic rings. The molecule has 2 atom stereocenters. The smallest absolute Gasteiger partial charge is 0.140 e. The summed E-state index contributed by atoms with van der Waals surface area (Å²) in [5, 5.41) is 0. The fourth-order valence-electron chi connectivity index (χ4n) is 3.15. The number of rotatable bonds is 7. The Balaban J connectivity index is 1.79. The van der Waals surface area contributed by atoms with Gasteiger partial charge in [0.2, 0.25) is 0 Å². The molecule has 1 fully saturated rings. The summed E-state index contributed by atoms with van der Waals surface area (Å²) < 4.78 is 6.94. The van der Waals surface area contributed by atoms with Crippen molar-refractivity contribution in [3.8, 4) is 0 Å². The van der Waals surface area contributed by atoms with Gasteiger partial charge in [-0.25, -0.2) is 0 Å². The first-order valence-electron chi connectivity index (χ1n) is 7.65. The van der Waals surface area contributed by atoms with Crippen LogP contribution in [-0.2, 0) is 4.74 Å². The van der Waals surface area contributed by atoms with E-state index < -0.39 is 0 Å². The van der Waals surface area contributed by atoms with Gasteiger partial charge in [-0.05, 0) is 26.2 Å². The van der Waals surface area contributed by atoms with Crippen LogP contribution in [0.25, 0.3) is 0 Å². The van der Waals surface area contributed by atoms with Crippen molar-refractivity contribution in [2.75, 3.05) is 27.2 Å². The lowest BCUT2D eigenvalue weighted by atomic mass is 10.0. The Hall–Kier alpha value is -0.670. The average Bonchev–Trinajstić information content (AvgIpc) is 2.97. The zero-order chi connectivity index (χ0) is 13.9. The van der Waals surface area contributed by atoms with E-state index in [2.05, 4.69) is 39.0 Å². The number of hydrogen-bond acceptors (Lipinski definition) is 2. The molecule has 108 valence electrons. The maximum Gasteiger partial charge on any atom is 0.140 e. The van der Waals surface area contributed by atoms with Crippen LogP contribution >= 0.6 is 0 Å². The molecule has 2 rings (SSSR count). The number of quaternary nitrogens is 1. The largest absolute Gasteiger partial charge is 0.360 e. The maximum atomic E-state index is 5.92. The fraction of sp³-hybridized carbons (Fsp3) is 0.812. The highest BCUT2D eigenvalue weighted by Gasteiger charge is 2.55. The zero-order valence-corrected chi connectivity index (χ0v) is 13.0. The summed E-state index contributed by atoms with van der Waals surface area (Å²) in [4.78, 5) is 4.48. The number of likely N-dealkylation sites (N-methyl/N-ethyl adjacent to an activating group) is 1.